The molecule has 0 N–H and O–H groups in total. The first-order chi connectivity index (χ1) is 13.7. The van der Waals surface area contributed by atoms with Crippen molar-refractivity contribution in [1.29, 1.82) is 0 Å². The van der Waals surface area contributed by atoms with Crippen molar-refractivity contribution in [3.05, 3.63) is 78.1 Å². The van der Waals surface area contributed by atoms with Gasteiger partial charge >= 0.3 is 0 Å². The predicted molar refractivity (Wildman–Crippen MR) is 112 cm³/mol. The monoisotopic (exact) mass is 369 g/mol. The van der Waals surface area contributed by atoms with Gasteiger partial charge in [-0.3, -0.25) is 0 Å². The predicted octanol–water partition coefficient (Wildman–Crippen LogP) is 4.48. The van der Waals surface area contributed by atoms with Crippen molar-refractivity contribution in [1.82, 2.24) is 19.6 Å². The Hall–Kier alpha value is -3.21. The molecule has 2 aromatic heterocycles. The summed E-state index contributed by atoms with van der Waals surface area (Å²) >= 11 is 0. The summed E-state index contributed by atoms with van der Waals surface area (Å²) in [5, 5.41) is 4.38. The summed E-state index contributed by atoms with van der Waals surface area (Å²) in [6.45, 7) is 5.39. The summed E-state index contributed by atoms with van der Waals surface area (Å²) in [7, 11) is 0. The second-order valence-electron chi connectivity index (χ2n) is 7.68. The zero-order valence-corrected chi connectivity index (χ0v) is 16.2. The molecule has 5 heteroatoms. The molecule has 2 aromatic carbocycles. The van der Waals surface area contributed by atoms with Crippen LogP contribution in [0.5, 0.6) is 0 Å². The van der Waals surface area contributed by atoms with E-state index in [2.05, 4.69) is 71.3 Å². The summed E-state index contributed by atoms with van der Waals surface area (Å²) in [5.41, 5.74) is 4.84. The van der Waals surface area contributed by atoms with Crippen LogP contribution in [0.4, 0.5) is 5.82 Å². The van der Waals surface area contributed by atoms with Crippen LogP contribution in [0.15, 0.2) is 67.0 Å². The highest BCUT2D eigenvalue weighted by Crippen LogP contribution is 2.35. The van der Waals surface area contributed by atoms with Gasteiger partial charge in [-0.25, -0.2) is 0 Å². The maximum absolute atomic E-state index is 4.81. The van der Waals surface area contributed by atoms with Crippen molar-refractivity contribution in [2.45, 2.75) is 32.2 Å². The molecule has 140 valence electrons. The van der Waals surface area contributed by atoms with Crippen molar-refractivity contribution in [3.8, 4) is 11.3 Å². The Morgan fingerprint density at radius 1 is 1.00 bits per heavy atom. The number of aryl methyl sites for hydroxylation is 1. The molecule has 5 rings (SSSR count). The van der Waals surface area contributed by atoms with Crippen LogP contribution in [0, 0.1) is 6.92 Å². The Balaban J connectivity index is 1.53. The smallest absolute Gasteiger partial charge is 0.254 e. The molecule has 2 atom stereocenters. The van der Waals surface area contributed by atoms with E-state index in [1.165, 1.54) is 11.1 Å². The van der Waals surface area contributed by atoms with E-state index in [1.807, 2.05) is 22.7 Å². The molecule has 0 saturated carbocycles. The van der Waals surface area contributed by atoms with Crippen LogP contribution in [0.2, 0.25) is 0 Å². The summed E-state index contributed by atoms with van der Waals surface area (Å²) in [6, 6.07) is 21.8. The number of hydrogen-bond acceptors (Lipinski definition) is 4. The van der Waals surface area contributed by atoms with Crippen LogP contribution in [0.25, 0.3) is 17.0 Å². The topological polar surface area (TPSA) is 46.3 Å². The fourth-order valence-corrected chi connectivity index (χ4v) is 4.19. The molecule has 0 amide bonds. The minimum absolute atomic E-state index is 0.424. The Morgan fingerprint density at radius 2 is 1.79 bits per heavy atom. The lowest BCUT2D eigenvalue weighted by Gasteiger charge is -2.23. The van der Waals surface area contributed by atoms with Gasteiger partial charge in [0.2, 0.25) is 0 Å². The minimum atomic E-state index is 0.424. The van der Waals surface area contributed by atoms with Crippen molar-refractivity contribution in [2.75, 3.05) is 11.4 Å². The Morgan fingerprint density at radius 3 is 2.57 bits per heavy atom. The second kappa shape index (κ2) is 6.75. The molecule has 0 spiro atoms. The Bertz CT molecular complexity index is 1100. The SMILES string of the molecule is Cc1ccc(C2CC(C)N(c3cc(-c4ccccc4)n4ncnc4n3)C2)cc1. The number of aromatic nitrogens is 4. The first-order valence-electron chi connectivity index (χ1n) is 9.78. The standard InChI is InChI=1S/C23H23N5/c1-16-8-10-18(11-9-16)20-12-17(2)27(14-20)22-13-21(19-6-4-3-5-7-19)28-23(26-22)24-15-25-28/h3-11,13,15,17,20H,12,14H2,1-2H3. The summed E-state index contributed by atoms with van der Waals surface area (Å²) < 4.78 is 1.82. The van der Waals surface area contributed by atoms with E-state index in [0.717, 1.165) is 30.0 Å². The lowest BCUT2D eigenvalue weighted by atomic mass is 9.96. The Labute approximate surface area is 164 Å². The van der Waals surface area contributed by atoms with Crippen LogP contribution in [-0.4, -0.2) is 32.2 Å². The van der Waals surface area contributed by atoms with Crippen molar-refractivity contribution in [2.24, 2.45) is 0 Å². The summed E-state index contributed by atoms with van der Waals surface area (Å²) in [5.74, 6) is 2.13. The van der Waals surface area contributed by atoms with Gasteiger partial charge in [0, 0.05) is 30.1 Å². The van der Waals surface area contributed by atoms with Gasteiger partial charge in [-0.15, -0.1) is 0 Å². The van der Waals surface area contributed by atoms with Gasteiger partial charge < -0.3 is 4.90 Å². The molecule has 28 heavy (non-hydrogen) atoms. The average molecular weight is 369 g/mol. The second-order valence-corrected chi connectivity index (χ2v) is 7.68. The Kier molecular flexibility index (Phi) is 4.08. The zero-order chi connectivity index (χ0) is 19.1. The molecule has 2 unspecified atom stereocenters. The van der Waals surface area contributed by atoms with Gasteiger partial charge in [-0.05, 0) is 25.8 Å². The zero-order valence-electron chi connectivity index (χ0n) is 16.2. The number of rotatable bonds is 3. The minimum Gasteiger partial charge on any atom is -0.353 e. The number of nitrogens with zero attached hydrogens (tertiary/aromatic N) is 5. The van der Waals surface area contributed by atoms with Crippen molar-refractivity contribution in [3.63, 3.8) is 0 Å². The van der Waals surface area contributed by atoms with Gasteiger partial charge in [-0.1, -0.05) is 60.2 Å². The lowest BCUT2D eigenvalue weighted by molar-refractivity contribution is 0.696. The van der Waals surface area contributed by atoms with Gasteiger partial charge in [0.25, 0.3) is 5.78 Å². The third-order valence-corrected chi connectivity index (χ3v) is 5.73. The number of benzene rings is 2. The molecule has 0 radical (unpaired) electrons. The maximum Gasteiger partial charge on any atom is 0.254 e. The highest BCUT2D eigenvalue weighted by atomic mass is 15.3. The fourth-order valence-electron chi connectivity index (χ4n) is 4.19. The molecule has 1 fully saturated rings. The maximum atomic E-state index is 4.81. The van der Waals surface area contributed by atoms with Gasteiger partial charge in [0.1, 0.15) is 12.1 Å². The third-order valence-electron chi connectivity index (χ3n) is 5.73. The van der Waals surface area contributed by atoms with E-state index in [-0.39, 0.29) is 0 Å². The van der Waals surface area contributed by atoms with E-state index in [1.54, 1.807) is 6.33 Å². The van der Waals surface area contributed by atoms with Crippen LogP contribution in [-0.2, 0) is 0 Å². The van der Waals surface area contributed by atoms with Crippen LogP contribution >= 0.6 is 0 Å². The summed E-state index contributed by atoms with van der Waals surface area (Å²) in [6.07, 6.45) is 2.70. The largest absolute Gasteiger partial charge is 0.353 e. The fraction of sp³-hybridized carbons (Fsp3) is 0.261. The number of hydrogen-bond donors (Lipinski definition) is 0. The molecular formula is C23H23N5. The molecule has 1 aliphatic heterocycles. The van der Waals surface area contributed by atoms with Gasteiger partial charge in [-0.2, -0.15) is 19.6 Å². The van der Waals surface area contributed by atoms with Crippen LogP contribution in [0.1, 0.15) is 30.4 Å². The quantitative estimate of drug-likeness (QED) is 0.534. The van der Waals surface area contributed by atoms with E-state index >= 15 is 0 Å². The van der Waals surface area contributed by atoms with Crippen molar-refractivity contribution >= 4 is 11.6 Å². The number of fused-ring (bicyclic) bond motifs is 1. The first kappa shape index (κ1) is 16.9. The molecule has 0 bridgehead atoms. The van der Waals surface area contributed by atoms with Gasteiger partial charge in [0.15, 0.2) is 0 Å². The number of anilines is 1. The highest BCUT2D eigenvalue weighted by Gasteiger charge is 2.31. The van der Waals surface area contributed by atoms with Crippen LogP contribution < -0.4 is 4.90 Å². The normalized spacial score (nSPS) is 19.4. The molecule has 3 heterocycles. The summed E-state index contributed by atoms with van der Waals surface area (Å²) in [4.78, 5) is 11.6. The van der Waals surface area contributed by atoms with Gasteiger partial charge in [0.05, 0.1) is 5.69 Å². The van der Waals surface area contributed by atoms with E-state index in [0.29, 0.717) is 17.7 Å². The molecule has 0 aliphatic carbocycles. The van der Waals surface area contributed by atoms with E-state index in [9.17, 15) is 0 Å². The van der Waals surface area contributed by atoms with E-state index in [4.69, 9.17) is 4.98 Å². The molecule has 4 aromatic rings. The molecular weight excluding hydrogens is 346 g/mol. The van der Waals surface area contributed by atoms with Crippen LogP contribution in [0.3, 0.4) is 0 Å². The van der Waals surface area contributed by atoms with E-state index < -0.39 is 0 Å². The average Bonchev–Trinajstić information content (AvgIpc) is 3.35. The first-order valence-corrected chi connectivity index (χ1v) is 9.78. The third kappa shape index (κ3) is 2.93. The van der Waals surface area contributed by atoms with Crippen molar-refractivity contribution < 1.29 is 0 Å². The lowest BCUT2D eigenvalue weighted by Crippen LogP contribution is -2.28. The molecule has 1 saturated heterocycles. The molecule has 5 nitrogen and oxygen atoms in total. The highest BCUT2D eigenvalue weighted by molar-refractivity contribution is 5.66. The molecule has 1 aliphatic rings.